The van der Waals surface area contributed by atoms with E-state index in [0.29, 0.717) is 31.8 Å². The van der Waals surface area contributed by atoms with Gasteiger partial charge in [-0.1, -0.05) is 6.07 Å². The number of nitrogens with zero attached hydrogens (tertiary/aromatic N) is 1. The molecule has 2 N–H and O–H groups in total. The van der Waals surface area contributed by atoms with Crippen LogP contribution in [0.1, 0.15) is 17.5 Å². The molecule has 0 amide bonds. The summed E-state index contributed by atoms with van der Waals surface area (Å²) in [6.45, 7) is 1.44. The molecule has 0 bridgehead atoms. The van der Waals surface area contributed by atoms with E-state index < -0.39 is 10.0 Å². The van der Waals surface area contributed by atoms with E-state index in [1.807, 2.05) is 18.2 Å². The first-order chi connectivity index (χ1) is 9.03. The second-order valence-electron chi connectivity index (χ2n) is 4.77. The Bertz CT molecular complexity index is 543. The Labute approximate surface area is 114 Å². The molecule has 2 rings (SSSR count). The summed E-state index contributed by atoms with van der Waals surface area (Å²) < 4.78 is 30.8. The SMILES string of the molecule is COCCCS(=O)(=O)N1CCc2ccc(N)cc2C1. The molecule has 106 valence electrons. The Morgan fingerprint density at radius 1 is 1.37 bits per heavy atom. The quantitative estimate of drug-likeness (QED) is 0.646. The van der Waals surface area contributed by atoms with Gasteiger partial charge in [0.05, 0.1) is 5.75 Å². The molecular formula is C13H20N2O3S. The number of benzene rings is 1. The van der Waals surface area contributed by atoms with Crippen molar-refractivity contribution in [3.8, 4) is 0 Å². The third-order valence-corrected chi connectivity index (χ3v) is 5.25. The molecule has 6 heteroatoms. The minimum Gasteiger partial charge on any atom is -0.399 e. The molecule has 1 aliphatic rings. The summed E-state index contributed by atoms with van der Waals surface area (Å²) >= 11 is 0. The maximum Gasteiger partial charge on any atom is 0.214 e. The minimum absolute atomic E-state index is 0.137. The molecule has 0 radical (unpaired) electrons. The first kappa shape index (κ1) is 14.3. The summed E-state index contributed by atoms with van der Waals surface area (Å²) in [4.78, 5) is 0. The topological polar surface area (TPSA) is 72.6 Å². The van der Waals surface area contributed by atoms with Gasteiger partial charge in [-0.05, 0) is 36.1 Å². The lowest BCUT2D eigenvalue weighted by atomic mass is 10.0. The molecule has 0 spiro atoms. The minimum atomic E-state index is -3.20. The van der Waals surface area contributed by atoms with Crippen LogP contribution < -0.4 is 5.73 Å². The predicted octanol–water partition coefficient (Wildman–Crippen LogP) is 0.993. The van der Waals surface area contributed by atoms with Crippen molar-refractivity contribution in [3.05, 3.63) is 29.3 Å². The van der Waals surface area contributed by atoms with Crippen LogP contribution in [0.25, 0.3) is 0 Å². The van der Waals surface area contributed by atoms with Crippen LogP contribution in [-0.4, -0.2) is 38.7 Å². The van der Waals surface area contributed by atoms with Crippen LogP contribution in [-0.2, 0) is 27.7 Å². The number of anilines is 1. The lowest BCUT2D eigenvalue weighted by molar-refractivity contribution is 0.199. The van der Waals surface area contributed by atoms with E-state index in [1.54, 1.807) is 11.4 Å². The fourth-order valence-electron chi connectivity index (χ4n) is 2.30. The van der Waals surface area contributed by atoms with Crippen molar-refractivity contribution in [2.45, 2.75) is 19.4 Å². The lowest BCUT2D eigenvalue weighted by Crippen LogP contribution is -2.37. The van der Waals surface area contributed by atoms with Crippen molar-refractivity contribution in [1.82, 2.24) is 4.31 Å². The third-order valence-electron chi connectivity index (χ3n) is 3.35. The maximum atomic E-state index is 12.2. The van der Waals surface area contributed by atoms with Gasteiger partial charge in [0.15, 0.2) is 0 Å². The second kappa shape index (κ2) is 5.90. The van der Waals surface area contributed by atoms with Crippen molar-refractivity contribution in [2.75, 3.05) is 31.7 Å². The van der Waals surface area contributed by atoms with Gasteiger partial charge in [-0.2, -0.15) is 4.31 Å². The van der Waals surface area contributed by atoms with E-state index in [2.05, 4.69) is 0 Å². The fourth-order valence-corrected chi connectivity index (χ4v) is 3.75. The Morgan fingerprint density at radius 3 is 2.89 bits per heavy atom. The largest absolute Gasteiger partial charge is 0.399 e. The summed E-state index contributed by atoms with van der Waals surface area (Å²) in [7, 11) is -1.62. The molecular weight excluding hydrogens is 264 g/mol. The van der Waals surface area contributed by atoms with Gasteiger partial charge in [0, 0.05) is 32.5 Å². The average Bonchev–Trinajstić information content (AvgIpc) is 2.38. The van der Waals surface area contributed by atoms with E-state index in [4.69, 9.17) is 10.5 Å². The van der Waals surface area contributed by atoms with Crippen molar-refractivity contribution >= 4 is 15.7 Å². The predicted molar refractivity (Wildman–Crippen MR) is 75.2 cm³/mol. The van der Waals surface area contributed by atoms with Gasteiger partial charge in [0.2, 0.25) is 10.0 Å². The molecule has 0 saturated heterocycles. The molecule has 1 aromatic carbocycles. The van der Waals surface area contributed by atoms with E-state index in [-0.39, 0.29) is 5.75 Å². The number of nitrogen functional groups attached to an aromatic ring is 1. The lowest BCUT2D eigenvalue weighted by Gasteiger charge is -2.28. The summed E-state index contributed by atoms with van der Waals surface area (Å²) in [5.74, 6) is 0.137. The Hall–Kier alpha value is -1.11. The number of hydrogen-bond acceptors (Lipinski definition) is 4. The average molecular weight is 284 g/mol. The molecule has 1 aliphatic heterocycles. The molecule has 0 unspecified atom stereocenters. The zero-order valence-electron chi connectivity index (χ0n) is 11.1. The van der Waals surface area contributed by atoms with Crippen LogP contribution in [0.3, 0.4) is 0 Å². The monoisotopic (exact) mass is 284 g/mol. The van der Waals surface area contributed by atoms with Gasteiger partial charge < -0.3 is 10.5 Å². The number of sulfonamides is 1. The fraction of sp³-hybridized carbons (Fsp3) is 0.538. The standard InChI is InChI=1S/C13H20N2O3S/c1-18-7-2-8-19(16,17)15-6-5-11-3-4-13(14)9-12(11)10-15/h3-4,9H,2,5-8,10,14H2,1H3. The van der Waals surface area contributed by atoms with E-state index >= 15 is 0 Å². The van der Waals surface area contributed by atoms with Crippen LogP contribution in [0.4, 0.5) is 5.69 Å². The van der Waals surface area contributed by atoms with Gasteiger partial charge in [-0.15, -0.1) is 0 Å². The Morgan fingerprint density at radius 2 is 2.16 bits per heavy atom. The number of methoxy groups -OCH3 is 1. The number of nitrogens with two attached hydrogens (primary N) is 1. The number of fused-ring (bicyclic) bond motifs is 1. The van der Waals surface area contributed by atoms with E-state index in [0.717, 1.165) is 12.0 Å². The van der Waals surface area contributed by atoms with Crippen molar-refractivity contribution in [3.63, 3.8) is 0 Å². The molecule has 0 fully saturated rings. The zero-order valence-corrected chi connectivity index (χ0v) is 11.9. The smallest absolute Gasteiger partial charge is 0.214 e. The third kappa shape index (κ3) is 3.46. The van der Waals surface area contributed by atoms with Gasteiger partial charge in [0.25, 0.3) is 0 Å². The first-order valence-electron chi connectivity index (χ1n) is 6.37. The molecule has 19 heavy (non-hydrogen) atoms. The first-order valence-corrected chi connectivity index (χ1v) is 7.98. The van der Waals surface area contributed by atoms with Gasteiger partial charge in [-0.25, -0.2) is 8.42 Å². The summed E-state index contributed by atoms with van der Waals surface area (Å²) in [6, 6.07) is 5.72. The molecule has 5 nitrogen and oxygen atoms in total. The molecule has 1 aromatic rings. The highest BCUT2D eigenvalue weighted by atomic mass is 32.2. The van der Waals surface area contributed by atoms with Crippen molar-refractivity contribution < 1.29 is 13.2 Å². The summed E-state index contributed by atoms with van der Waals surface area (Å²) in [5.41, 5.74) is 8.64. The van der Waals surface area contributed by atoms with Gasteiger partial charge in [-0.3, -0.25) is 0 Å². The van der Waals surface area contributed by atoms with E-state index in [1.165, 1.54) is 5.56 Å². The highest BCUT2D eigenvalue weighted by Gasteiger charge is 2.26. The number of ether oxygens (including phenoxy) is 1. The molecule has 0 aromatic heterocycles. The number of hydrogen-bond donors (Lipinski definition) is 1. The van der Waals surface area contributed by atoms with Crippen LogP contribution in [0.15, 0.2) is 18.2 Å². The van der Waals surface area contributed by atoms with Crippen LogP contribution in [0, 0.1) is 0 Å². The second-order valence-corrected chi connectivity index (χ2v) is 6.86. The van der Waals surface area contributed by atoms with Crippen LogP contribution in [0.5, 0.6) is 0 Å². The van der Waals surface area contributed by atoms with Crippen molar-refractivity contribution in [1.29, 1.82) is 0 Å². The highest BCUT2D eigenvalue weighted by molar-refractivity contribution is 7.89. The Kier molecular flexibility index (Phi) is 4.44. The van der Waals surface area contributed by atoms with Crippen LogP contribution >= 0.6 is 0 Å². The molecule has 0 saturated carbocycles. The van der Waals surface area contributed by atoms with Gasteiger partial charge >= 0.3 is 0 Å². The summed E-state index contributed by atoms with van der Waals surface area (Å²) in [6.07, 6.45) is 1.28. The van der Waals surface area contributed by atoms with E-state index in [9.17, 15) is 8.42 Å². The summed E-state index contributed by atoms with van der Waals surface area (Å²) in [5, 5.41) is 0. The molecule has 0 aliphatic carbocycles. The Balaban J connectivity index is 2.08. The van der Waals surface area contributed by atoms with Crippen LogP contribution in [0.2, 0.25) is 0 Å². The normalized spacial score (nSPS) is 16.3. The van der Waals surface area contributed by atoms with Gasteiger partial charge in [0.1, 0.15) is 0 Å². The maximum absolute atomic E-state index is 12.2. The molecule has 1 heterocycles. The zero-order chi connectivity index (χ0) is 13.9. The number of rotatable bonds is 5. The molecule has 0 atom stereocenters. The highest BCUT2D eigenvalue weighted by Crippen LogP contribution is 2.23. The van der Waals surface area contributed by atoms with Crippen molar-refractivity contribution in [2.24, 2.45) is 0 Å².